The van der Waals surface area contributed by atoms with Crippen molar-refractivity contribution in [1.82, 2.24) is 0 Å². The third-order valence-electron chi connectivity index (χ3n) is 2.62. The van der Waals surface area contributed by atoms with E-state index in [0.717, 1.165) is 18.4 Å². The minimum atomic E-state index is -0.0627. The van der Waals surface area contributed by atoms with E-state index in [4.69, 9.17) is 9.84 Å². The van der Waals surface area contributed by atoms with Crippen molar-refractivity contribution in [2.45, 2.75) is 38.2 Å². The van der Waals surface area contributed by atoms with Gasteiger partial charge in [-0.05, 0) is 25.3 Å². The molecule has 0 spiro atoms. The minimum Gasteiger partial charge on any atom is -0.392 e. The minimum absolute atomic E-state index is 0.0627. The van der Waals surface area contributed by atoms with Crippen LogP contribution in [0.3, 0.4) is 0 Å². The zero-order valence-corrected chi connectivity index (χ0v) is 7.97. The first kappa shape index (κ1) is 9.75. The van der Waals surface area contributed by atoms with Crippen LogP contribution in [-0.2, 0) is 4.74 Å². The van der Waals surface area contributed by atoms with Crippen LogP contribution in [0.2, 0.25) is 0 Å². The smallest absolute Gasteiger partial charge is 0.0862 e. The van der Waals surface area contributed by atoms with Gasteiger partial charge in [-0.1, -0.05) is 18.9 Å². The highest BCUT2D eigenvalue weighted by molar-refractivity contribution is 5.11. The van der Waals surface area contributed by atoms with Crippen LogP contribution in [0.5, 0.6) is 0 Å². The van der Waals surface area contributed by atoms with Crippen LogP contribution in [0, 0.1) is 0 Å². The van der Waals surface area contributed by atoms with Crippen molar-refractivity contribution in [3.63, 3.8) is 0 Å². The lowest BCUT2D eigenvalue weighted by atomic mass is 9.99. The molecule has 0 aliphatic heterocycles. The summed E-state index contributed by atoms with van der Waals surface area (Å²) in [6.45, 7) is 2.09. The number of ether oxygens (including phenoxy) is 1. The Labute approximate surface area is 74.2 Å². The molecule has 0 atom stereocenters. The van der Waals surface area contributed by atoms with E-state index in [9.17, 15) is 0 Å². The van der Waals surface area contributed by atoms with E-state index in [2.05, 4.69) is 6.08 Å². The molecule has 2 heteroatoms. The van der Waals surface area contributed by atoms with Gasteiger partial charge in [0, 0.05) is 7.11 Å². The highest BCUT2D eigenvalue weighted by Gasteiger charge is 2.31. The Hall–Kier alpha value is -0.340. The standard InChI is InChI=1S/C10H18O2/c1-9(8-11)7-10(12-2)5-3-4-6-10/h7,11H,3-6,8H2,1-2H3/b9-7-. The van der Waals surface area contributed by atoms with Crippen LogP contribution in [0.15, 0.2) is 11.6 Å². The van der Waals surface area contributed by atoms with Gasteiger partial charge in [0.1, 0.15) is 0 Å². The molecule has 1 rings (SSSR count). The maximum absolute atomic E-state index is 8.88. The van der Waals surface area contributed by atoms with E-state index in [-0.39, 0.29) is 12.2 Å². The fourth-order valence-electron chi connectivity index (χ4n) is 1.88. The van der Waals surface area contributed by atoms with Gasteiger partial charge in [0.25, 0.3) is 0 Å². The molecule has 0 bridgehead atoms. The number of aliphatic hydroxyl groups excluding tert-OH is 1. The molecule has 0 radical (unpaired) electrons. The Morgan fingerprint density at radius 2 is 2.08 bits per heavy atom. The quantitative estimate of drug-likeness (QED) is 0.655. The van der Waals surface area contributed by atoms with Crippen molar-refractivity contribution >= 4 is 0 Å². The Morgan fingerprint density at radius 1 is 1.50 bits per heavy atom. The van der Waals surface area contributed by atoms with Gasteiger partial charge in [0.2, 0.25) is 0 Å². The summed E-state index contributed by atoms with van der Waals surface area (Å²) in [5.74, 6) is 0. The molecule has 1 N–H and O–H groups in total. The second-order valence-corrected chi connectivity index (χ2v) is 3.62. The summed E-state index contributed by atoms with van der Waals surface area (Å²) in [6, 6.07) is 0. The van der Waals surface area contributed by atoms with Crippen LogP contribution in [0.1, 0.15) is 32.6 Å². The van der Waals surface area contributed by atoms with Crippen molar-refractivity contribution in [1.29, 1.82) is 0 Å². The topological polar surface area (TPSA) is 29.5 Å². The highest BCUT2D eigenvalue weighted by atomic mass is 16.5. The summed E-state index contributed by atoms with van der Waals surface area (Å²) in [6.07, 6.45) is 6.76. The van der Waals surface area contributed by atoms with Gasteiger partial charge in [-0.25, -0.2) is 0 Å². The summed E-state index contributed by atoms with van der Waals surface area (Å²) < 4.78 is 5.48. The lowest BCUT2D eigenvalue weighted by Crippen LogP contribution is -2.24. The summed E-state index contributed by atoms with van der Waals surface area (Å²) in [4.78, 5) is 0. The Bertz CT molecular complexity index is 167. The molecule has 1 fully saturated rings. The van der Waals surface area contributed by atoms with E-state index in [1.165, 1.54) is 12.8 Å². The average molecular weight is 170 g/mol. The molecule has 70 valence electrons. The van der Waals surface area contributed by atoms with Gasteiger partial charge in [0.05, 0.1) is 12.2 Å². The first-order chi connectivity index (χ1) is 5.72. The predicted octanol–water partition coefficient (Wildman–Crippen LogP) is 1.88. The molecule has 0 unspecified atom stereocenters. The van der Waals surface area contributed by atoms with Crippen LogP contribution in [-0.4, -0.2) is 24.4 Å². The largest absolute Gasteiger partial charge is 0.392 e. The predicted molar refractivity (Wildman–Crippen MR) is 49.1 cm³/mol. The molecule has 12 heavy (non-hydrogen) atoms. The van der Waals surface area contributed by atoms with Crippen molar-refractivity contribution in [3.05, 3.63) is 11.6 Å². The van der Waals surface area contributed by atoms with Gasteiger partial charge in [-0.2, -0.15) is 0 Å². The summed E-state index contributed by atoms with van der Waals surface area (Å²) in [5.41, 5.74) is 0.950. The first-order valence-electron chi connectivity index (χ1n) is 4.57. The maximum atomic E-state index is 8.88. The normalized spacial score (nSPS) is 23.1. The summed E-state index contributed by atoms with van der Waals surface area (Å²) in [7, 11) is 1.76. The molecule has 1 saturated carbocycles. The molecular formula is C10H18O2. The third-order valence-corrected chi connectivity index (χ3v) is 2.62. The fourth-order valence-corrected chi connectivity index (χ4v) is 1.88. The van der Waals surface area contributed by atoms with Crippen LogP contribution < -0.4 is 0 Å². The van der Waals surface area contributed by atoms with Crippen molar-refractivity contribution < 1.29 is 9.84 Å². The van der Waals surface area contributed by atoms with Gasteiger partial charge < -0.3 is 9.84 Å². The van der Waals surface area contributed by atoms with Crippen molar-refractivity contribution in [3.8, 4) is 0 Å². The maximum Gasteiger partial charge on any atom is 0.0862 e. The van der Waals surface area contributed by atoms with Gasteiger partial charge >= 0.3 is 0 Å². The number of methoxy groups -OCH3 is 1. The summed E-state index contributed by atoms with van der Waals surface area (Å²) in [5, 5.41) is 8.88. The first-order valence-corrected chi connectivity index (χ1v) is 4.57. The molecular weight excluding hydrogens is 152 g/mol. The lowest BCUT2D eigenvalue weighted by molar-refractivity contribution is 0.0376. The molecule has 0 aromatic carbocycles. The second-order valence-electron chi connectivity index (χ2n) is 3.62. The molecule has 1 aliphatic rings. The third kappa shape index (κ3) is 2.08. The molecule has 0 aromatic rings. The number of rotatable bonds is 3. The highest BCUT2D eigenvalue weighted by Crippen LogP contribution is 2.34. The zero-order valence-electron chi connectivity index (χ0n) is 7.97. The van der Waals surface area contributed by atoms with Gasteiger partial charge in [-0.3, -0.25) is 0 Å². The molecule has 0 saturated heterocycles. The van der Waals surface area contributed by atoms with E-state index in [1.54, 1.807) is 7.11 Å². The van der Waals surface area contributed by atoms with E-state index >= 15 is 0 Å². The Balaban J connectivity index is 2.66. The van der Waals surface area contributed by atoms with E-state index < -0.39 is 0 Å². The summed E-state index contributed by atoms with van der Waals surface area (Å²) >= 11 is 0. The van der Waals surface area contributed by atoms with Crippen molar-refractivity contribution in [2.75, 3.05) is 13.7 Å². The van der Waals surface area contributed by atoms with E-state index in [0.29, 0.717) is 0 Å². The number of hydrogen-bond acceptors (Lipinski definition) is 2. The fraction of sp³-hybridized carbons (Fsp3) is 0.800. The molecule has 0 amide bonds. The number of hydrogen-bond donors (Lipinski definition) is 1. The lowest BCUT2D eigenvalue weighted by Gasteiger charge is -2.24. The molecule has 2 nitrogen and oxygen atoms in total. The molecule has 1 aliphatic carbocycles. The Morgan fingerprint density at radius 3 is 2.50 bits per heavy atom. The SMILES string of the molecule is COC1(/C=C(/C)CO)CCCC1. The monoisotopic (exact) mass is 170 g/mol. The van der Waals surface area contributed by atoms with Crippen LogP contribution >= 0.6 is 0 Å². The number of aliphatic hydroxyl groups is 1. The van der Waals surface area contributed by atoms with Gasteiger partial charge in [-0.15, -0.1) is 0 Å². The zero-order chi connectivity index (χ0) is 9.03. The van der Waals surface area contributed by atoms with E-state index in [1.807, 2.05) is 6.92 Å². The Kier molecular flexibility index (Phi) is 3.29. The van der Waals surface area contributed by atoms with Gasteiger partial charge in [0.15, 0.2) is 0 Å². The molecule has 0 aromatic heterocycles. The van der Waals surface area contributed by atoms with Crippen molar-refractivity contribution in [2.24, 2.45) is 0 Å². The van der Waals surface area contributed by atoms with Crippen LogP contribution in [0.25, 0.3) is 0 Å². The average Bonchev–Trinajstić information content (AvgIpc) is 2.54. The second kappa shape index (κ2) is 4.06. The molecule has 0 heterocycles. The van der Waals surface area contributed by atoms with Crippen LogP contribution in [0.4, 0.5) is 0 Å².